The number of para-hydroxylation sites is 1. The average molecular weight is 273 g/mol. The minimum Gasteiger partial charge on any atom is -0.361 e. The minimum atomic E-state index is -0.0638. The second-order valence-electron chi connectivity index (χ2n) is 4.77. The summed E-state index contributed by atoms with van der Waals surface area (Å²) in [6.07, 6.45) is 0. The Labute approximate surface area is 118 Å². The Kier molecular flexibility index (Phi) is 4.53. The van der Waals surface area contributed by atoms with E-state index in [1.54, 1.807) is 0 Å². The third-order valence-electron chi connectivity index (χ3n) is 3.19. The third kappa shape index (κ3) is 3.45. The summed E-state index contributed by atoms with van der Waals surface area (Å²) in [4.78, 5) is 11.9. The SMILES string of the molecule is Cc1ccccc1NC(=O)CNCc1c(C)noc1C. The number of amides is 1. The molecule has 0 aliphatic rings. The van der Waals surface area contributed by atoms with Gasteiger partial charge < -0.3 is 15.2 Å². The van der Waals surface area contributed by atoms with Crippen molar-refractivity contribution in [3.8, 4) is 0 Å². The zero-order chi connectivity index (χ0) is 14.5. The fourth-order valence-electron chi connectivity index (χ4n) is 1.96. The van der Waals surface area contributed by atoms with Crippen LogP contribution < -0.4 is 10.6 Å². The lowest BCUT2D eigenvalue weighted by atomic mass is 10.2. The maximum atomic E-state index is 11.9. The van der Waals surface area contributed by atoms with Gasteiger partial charge in [-0.2, -0.15) is 0 Å². The molecule has 20 heavy (non-hydrogen) atoms. The highest BCUT2D eigenvalue weighted by Crippen LogP contribution is 2.13. The molecule has 106 valence electrons. The van der Waals surface area contributed by atoms with Crippen LogP contribution in [0.4, 0.5) is 5.69 Å². The lowest BCUT2D eigenvalue weighted by Crippen LogP contribution is -2.28. The van der Waals surface area contributed by atoms with Crippen LogP contribution in [0.1, 0.15) is 22.6 Å². The molecule has 1 amide bonds. The van der Waals surface area contributed by atoms with Crippen LogP contribution >= 0.6 is 0 Å². The van der Waals surface area contributed by atoms with Crippen LogP contribution in [-0.2, 0) is 11.3 Å². The van der Waals surface area contributed by atoms with E-state index in [0.29, 0.717) is 6.54 Å². The van der Waals surface area contributed by atoms with E-state index in [2.05, 4.69) is 15.8 Å². The Morgan fingerprint density at radius 3 is 2.65 bits per heavy atom. The number of rotatable bonds is 5. The van der Waals surface area contributed by atoms with Gasteiger partial charge in [0, 0.05) is 17.8 Å². The highest BCUT2D eigenvalue weighted by molar-refractivity contribution is 5.92. The van der Waals surface area contributed by atoms with Crippen molar-refractivity contribution >= 4 is 11.6 Å². The van der Waals surface area contributed by atoms with Gasteiger partial charge >= 0.3 is 0 Å². The van der Waals surface area contributed by atoms with Gasteiger partial charge in [0.15, 0.2) is 0 Å². The van der Waals surface area contributed by atoms with Crippen molar-refractivity contribution in [3.05, 3.63) is 46.8 Å². The van der Waals surface area contributed by atoms with Crippen LogP contribution in [0.5, 0.6) is 0 Å². The van der Waals surface area contributed by atoms with E-state index < -0.39 is 0 Å². The number of carbonyl (C=O) groups is 1. The molecule has 0 spiro atoms. The van der Waals surface area contributed by atoms with E-state index in [1.165, 1.54) is 0 Å². The van der Waals surface area contributed by atoms with Gasteiger partial charge in [0.25, 0.3) is 0 Å². The molecule has 2 aromatic rings. The lowest BCUT2D eigenvalue weighted by molar-refractivity contribution is -0.115. The van der Waals surface area contributed by atoms with Gasteiger partial charge in [-0.05, 0) is 32.4 Å². The Morgan fingerprint density at radius 1 is 1.25 bits per heavy atom. The Bertz CT molecular complexity index is 585. The van der Waals surface area contributed by atoms with Gasteiger partial charge in [0.1, 0.15) is 5.76 Å². The number of carbonyl (C=O) groups excluding carboxylic acids is 1. The average Bonchev–Trinajstić information content (AvgIpc) is 2.73. The lowest BCUT2D eigenvalue weighted by Gasteiger charge is -2.08. The predicted octanol–water partition coefficient (Wildman–Crippen LogP) is 2.33. The first kappa shape index (κ1) is 14.3. The fraction of sp³-hybridized carbons (Fsp3) is 0.333. The summed E-state index contributed by atoms with van der Waals surface area (Å²) in [5.41, 5.74) is 3.76. The zero-order valence-corrected chi connectivity index (χ0v) is 12.0. The number of benzene rings is 1. The van der Waals surface area contributed by atoms with Crippen molar-refractivity contribution < 1.29 is 9.32 Å². The number of nitrogens with one attached hydrogen (secondary N) is 2. The van der Waals surface area contributed by atoms with Gasteiger partial charge in [-0.1, -0.05) is 23.4 Å². The molecule has 0 saturated heterocycles. The maximum absolute atomic E-state index is 11.9. The second-order valence-corrected chi connectivity index (χ2v) is 4.77. The van der Waals surface area contributed by atoms with Crippen LogP contribution in [0.2, 0.25) is 0 Å². The van der Waals surface area contributed by atoms with Crippen molar-refractivity contribution in [2.45, 2.75) is 27.3 Å². The van der Waals surface area contributed by atoms with Gasteiger partial charge in [-0.15, -0.1) is 0 Å². The summed E-state index contributed by atoms with van der Waals surface area (Å²) in [6.45, 7) is 6.54. The number of hydrogen-bond acceptors (Lipinski definition) is 4. The Hall–Kier alpha value is -2.14. The van der Waals surface area contributed by atoms with E-state index in [9.17, 15) is 4.79 Å². The first-order chi connectivity index (χ1) is 9.58. The van der Waals surface area contributed by atoms with Crippen molar-refractivity contribution in [2.75, 3.05) is 11.9 Å². The molecule has 1 aromatic carbocycles. The smallest absolute Gasteiger partial charge is 0.238 e. The highest BCUT2D eigenvalue weighted by Gasteiger charge is 2.09. The Morgan fingerprint density at radius 2 is 2.00 bits per heavy atom. The monoisotopic (exact) mass is 273 g/mol. The molecule has 5 heteroatoms. The standard InChI is InChI=1S/C15H19N3O2/c1-10-6-4-5-7-14(10)17-15(19)9-16-8-13-11(2)18-20-12(13)3/h4-7,16H,8-9H2,1-3H3,(H,17,19). The molecular formula is C15H19N3O2. The van der Waals surface area contributed by atoms with Gasteiger partial charge in [0.05, 0.1) is 12.2 Å². The maximum Gasteiger partial charge on any atom is 0.238 e. The summed E-state index contributed by atoms with van der Waals surface area (Å²) in [7, 11) is 0. The number of nitrogens with zero attached hydrogens (tertiary/aromatic N) is 1. The first-order valence-electron chi connectivity index (χ1n) is 6.56. The molecule has 0 radical (unpaired) electrons. The van der Waals surface area contributed by atoms with E-state index in [0.717, 1.165) is 28.3 Å². The molecule has 0 fully saturated rings. The molecule has 0 aliphatic carbocycles. The van der Waals surface area contributed by atoms with Gasteiger partial charge in [0.2, 0.25) is 5.91 Å². The zero-order valence-electron chi connectivity index (χ0n) is 12.0. The molecule has 2 rings (SSSR count). The summed E-state index contributed by atoms with van der Waals surface area (Å²) in [5.74, 6) is 0.723. The van der Waals surface area contributed by atoms with Crippen LogP contribution in [0, 0.1) is 20.8 Å². The molecule has 2 N–H and O–H groups in total. The molecule has 5 nitrogen and oxygen atoms in total. The molecule has 0 bridgehead atoms. The molecule has 0 aliphatic heterocycles. The fourth-order valence-corrected chi connectivity index (χ4v) is 1.96. The normalized spacial score (nSPS) is 10.6. The topological polar surface area (TPSA) is 67.2 Å². The molecule has 0 unspecified atom stereocenters. The highest BCUT2D eigenvalue weighted by atomic mass is 16.5. The molecule has 0 saturated carbocycles. The Balaban J connectivity index is 1.83. The van der Waals surface area contributed by atoms with E-state index in [1.807, 2.05) is 45.0 Å². The van der Waals surface area contributed by atoms with Crippen LogP contribution in [0.3, 0.4) is 0 Å². The van der Waals surface area contributed by atoms with Crippen molar-refractivity contribution in [1.82, 2.24) is 10.5 Å². The van der Waals surface area contributed by atoms with Crippen LogP contribution in [-0.4, -0.2) is 17.6 Å². The molecular weight excluding hydrogens is 254 g/mol. The van der Waals surface area contributed by atoms with E-state index in [4.69, 9.17) is 4.52 Å². The predicted molar refractivity (Wildman–Crippen MR) is 77.5 cm³/mol. The van der Waals surface area contributed by atoms with E-state index >= 15 is 0 Å². The number of aryl methyl sites for hydroxylation is 3. The van der Waals surface area contributed by atoms with Crippen molar-refractivity contribution in [3.63, 3.8) is 0 Å². The van der Waals surface area contributed by atoms with Crippen molar-refractivity contribution in [1.29, 1.82) is 0 Å². The number of hydrogen-bond donors (Lipinski definition) is 2. The first-order valence-corrected chi connectivity index (χ1v) is 6.56. The quantitative estimate of drug-likeness (QED) is 0.877. The van der Waals surface area contributed by atoms with Crippen molar-refractivity contribution in [2.24, 2.45) is 0 Å². The van der Waals surface area contributed by atoms with Gasteiger partial charge in [-0.3, -0.25) is 4.79 Å². The molecule has 1 aromatic heterocycles. The van der Waals surface area contributed by atoms with E-state index in [-0.39, 0.29) is 12.5 Å². The molecule has 1 heterocycles. The summed E-state index contributed by atoms with van der Waals surface area (Å²) in [6, 6.07) is 7.70. The molecule has 0 atom stereocenters. The number of anilines is 1. The summed E-state index contributed by atoms with van der Waals surface area (Å²) < 4.78 is 5.07. The third-order valence-corrected chi connectivity index (χ3v) is 3.19. The largest absolute Gasteiger partial charge is 0.361 e. The number of aromatic nitrogens is 1. The second kappa shape index (κ2) is 6.34. The summed E-state index contributed by atoms with van der Waals surface area (Å²) >= 11 is 0. The van der Waals surface area contributed by atoms with Gasteiger partial charge in [-0.25, -0.2) is 0 Å². The van der Waals surface area contributed by atoms with Crippen LogP contribution in [0.25, 0.3) is 0 Å². The van der Waals surface area contributed by atoms with Crippen LogP contribution in [0.15, 0.2) is 28.8 Å². The minimum absolute atomic E-state index is 0.0638. The summed E-state index contributed by atoms with van der Waals surface area (Å²) in [5, 5.41) is 9.85.